The Morgan fingerprint density at radius 2 is 1.64 bits per heavy atom. The van der Waals surface area contributed by atoms with E-state index in [9.17, 15) is 9.18 Å². The second-order valence-electron chi connectivity index (χ2n) is 9.05. The van der Waals surface area contributed by atoms with E-state index in [1.54, 1.807) is 43.2 Å². The van der Waals surface area contributed by atoms with Crippen LogP contribution >= 0.6 is 0 Å². The summed E-state index contributed by atoms with van der Waals surface area (Å²) in [6, 6.07) is 21.1. The van der Waals surface area contributed by atoms with Crippen LogP contribution in [0.4, 0.5) is 10.1 Å². The number of hydrogen-bond donors (Lipinski definition) is 0. The second-order valence-corrected chi connectivity index (χ2v) is 9.05. The summed E-state index contributed by atoms with van der Waals surface area (Å²) < 4.78 is 32.0. The first-order valence-corrected chi connectivity index (χ1v) is 12.9. The van der Waals surface area contributed by atoms with E-state index in [0.717, 1.165) is 11.4 Å². The van der Waals surface area contributed by atoms with E-state index >= 15 is 0 Å². The van der Waals surface area contributed by atoms with Crippen molar-refractivity contribution < 1.29 is 23.4 Å². The van der Waals surface area contributed by atoms with Gasteiger partial charge in [0.1, 0.15) is 28.8 Å². The summed E-state index contributed by atoms with van der Waals surface area (Å²) in [6.45, 7) is 4.96. The van der Waals surface area contributed by atoms with Crippen LogP contribution in [0.3, 0.4) is 0 Å². The molecule has 0 spiro atoms. The number of methoxy groups -OCH3 is 2. The topological polar surface area (TPSA) is 69.1 Å². The first kappa shape index (κ1) is 26.1. The maximum absolute atomic E-state index is 13.9. The third-order valence-electron chi connectivity index (χ3n) is 6.76. The Balaban J connectivity index is 1.45. The van der Waals surface area contributed by atoms with Gasteiger partial charge in [0.15, 0.2) is 0 Å². The maximum Gasteiger partial charge on any atom is 0.272 e. The van der Waals surface area contributed by atoms with Gasteiger partial charge in [-0.15, -0.1) is 0 Å². The van der Waals surface area contributed by atoms with Crippen LogP contribution in [-0.2, 0) is 0 Å². The number of nitrogens with zero attached hydrogens (tertiary/aromatic N) is 4. The predicted molar refractivity (Wildman–Crippen MR) is 148 cm³/mol. The van der Waals surface area contributed by atoms with E-state index in [-0.39, 0.29) is 11.7 Å². The molecule has 1 amide bonds. The molecule has 0 unspecified atom stereocenters. The summed E-state index contributed by atoms with van der Waals surface area (Å²) in [7, 11) is 3.16. The van der Waals surface area contributed by atoms with E-state index < -0.39 is 0 Å². The summed E-state index contributed by atoms with van der Waals surface area (Å²) in [6.07, 6.45) is 0. The quantitative estimate of drug-likeness (QED) is 0.317. The third-order valence-corrected chi connectivity index (χ3v) is 6.76. The van der Waals surface area contributed by atoms with Gasteiger partial charge >= 0.3 is 0 Å². The van der Waals surface area contributed by atoms with Crippen molar-refractivity contribution in [2.45, 2.75) is 6.92 Å². The number of anilines is 1. The molecule has 39 heavy (non-hydrogen) atoms. The van der Waals surface area contributed by atoms with Crippen molar-refractivity contribution in [3.63, 3.8) is 0 Å². The van der Waals surface area contributed by atoms with Crippen molar-refractivity contribution in [3.8, 4) is 34.2 Å². The molecule has 1 saturated heterocycles. The molecule has 202 valence electrons. The molecule has 1 aliphatic heterocycles. The highest BCUT2D eigenvalue weighted by Gasteiger charge is 2.28. The van der Waals surface area contributed by atoms with Gasteiger partial charge < -0.3 is 24.0 Å². The fraction of sp³-hybridized carbons (Fsp3) is 0.267. The van der Waals surface area contributed by atoms with Crippen LogP contribution < -0.4 is 19.1 Å². The second kappa shape index (κ2) is 11.5. The van der Waals surface area contributed by atoms with E-state index in [1.165, 1.54) is 12.1 Å². The molecule has 1 aliphatic rings. The third kappa shape index (κ3) is 5.38. The van der Waals surface area contributed by atoms with Gasteiger partial charge in [-0.25, -0.2) is 9.07 Å². The molecule has 0 saturated carbocycles. The van der Waals surface area contributed by atoms with Crippen LogP contribution in [0.5, 0.6) is 17.2 Å². The van der Waals surface area contributed by atoms with E-state index in [4.69, 9.17) is 19.3 Å². The number of carbonyl (C=O) groups excluding carboxylic acids is 1. The molecule has 1 fully saturated rings. The molecule has 1 aromatic heterocycles. The average molecular weight is 531 g/mol. The minimum Gasteiger partial charge on any atom is -0.497 e. The average Bonchev–Trinajstić information content (AvgIpc) is 3.42. The Kier molecular flexibility index (Phi) is 7.67. The molecule has 0 aliphatic carbocycles. The molecule has 5 rings (SSSR count). The lowest BCUT2D eigenvalue weighted by molar-refractivity contribution is 0.0737. The Bertz CT molecular complexity index is 1450. The summed E-state index contributed by atoms with van der Waals surface area (Å²) in [5.41, 5.74) is 3.27. The Labute approximate surface area is 227 Å². The molecule has 8 nitrogen and oxygen atoms in total. The minimum atomic E-state index is -0.362. The number of carbonyl (C=O) groups is 1. The molecule has 3 aromatic carbocycles. The molecule has 4 aromatic rings. The van der Waals surface area contributed by atoms with Crippen molar-refractivity contribution >= 4 is 11.6 Å². The van der Waals surface area contributed by atoms with Gasteiger partial charge in [-0.05, 0) is 61.5 Å². The number of ether oxygens (including phenoxy) is 3. The highest BCUT2D eigenvalue weighted by molar-refractivity contribution is 5.95. The predicted octanol–water partition coefficient (Wildman–Crippen LogP) is 5.06. The van der Waals surface area contributed by atoms with Crippen molar-refractivity contribution in [1.82, 2.24) is 14.7 Å². The molecule has 0 radical (unpaired) electrons. The van der Waals surface area contributed by atoms with Crippen molar-refractivity contribution in [1.29, 1.82) is 0 Å². The number of para-hydroxylation sites is 2. The SMILES string of the molecule is CCOc1ccccc1N1CCN(C(=O)c2cc(-c3ccc(OC)cc3OC)nn2-c2ccc(F)cc2)CC1. The number of hydrogen-bond acceptors (Lipinski definition) is 6. The first-order chi connectivity index (χ1) is 19.0. The molecular formula is C30H31FN4O4. The van der Waals surface area contributed by atoms with E-state index in [1.807, 2.05) is 48.2 Å². The van der Waals surface area contributed by atoms with Gasteiger partial charge in [-0.3, -0.25) is 4.79 Å². The summed E-state index contributed by atoms with van der Waals surface area (Å²) in [4.78, 5) is 17.9. The fourth-order valence-electron chi connectivity index (χ4n) is 4.76. The number of halogens is 1. The number of piperazine rings is 1. The normalized spacial score (nSPS) is 13.3. The number of amides is 1. The summed E-state index contributed by atoms with van der Waals surface area (Å²) in [5, 5.41) is 4.75. The van der Waals surface area contributed by atoms with Crippen molar-refractivity contribution in [2.24, 2.45) is 0 Å². The Morgan fingerprint density at radius 3 is 2.33 bits per heavy atom. The van der Waals surface area contributed by atoms with Gasteiger partial charge in [0.2, 0.25) is 0 Å². The zero-order valence-corrected chi connectivity index (χ0v) is 22.3. The van der Waals surface area contributed by atoms with Crippen LogP contribution in [0.2, 0.25) is 0 Å². The van der Waals surface area contributed by atoms with Crippen molar-refractivity contribution in [2.75, 3.05) is 51.9 Å². The largest absolute Gasteiger partial charge is 0.497 e. The van der Waals surface area contributed by atoms with Gasteiger partial charge in [-0.2, -0.15) is 5.10 Å². The molecule has 0 N–H and O–H groups in total. The van der Waals surface area contributed by atoms with E-state index in [0.29, 0.717) is 66.9 Å². The Morgan fingerprint density at radius 1 is 0.897 bits per heavy atom. The summed E-state index contributed by atoms with van der Waals surface area (Å²) >= 11 is 0. The van der Waals surface area contributed by atoms with Gasteiger partial charge in [-0.1, -0.05) is 12.1 Å². The van der Waals surface area contributed by atoms with Crippen LogP contribution in [0.25, 0.3) is 16.9 Å². The lowest BCUT2D eigenvalue weighted by atomic mass is 10.1. The number of benzene rings is 3. The smallest absolute Gasteiger partial charge is 0.272 e. The van der Waals surface area contributed by atoms with Crippen LogP contribution in [0.15, 0.2) is 72.8 Å². The van der Waals surface area contributed by atoms with Crippen LogP contribution in [-0.4, -0.2) is 67.6 Å². The Hall–Kier alpha value is -4.53. The fourth-order valence-corrected chi connectivity index (χ4v) is 4.76. The van der Waals surface area contributed by atoms with Crippen molar-refractivity contribution in [3.05, 3.63) is 84.3 Å². The van der Waals surface area contributed by atoms with Crippen LogP contribution in [0, 0.1) is 5.82 Å². The summed E-state index contributed by atoms with van der Waals surface area (Å²) in [5.74, 6) is 1.54. The zero-order valence-electron chi connectivity index (χ0n) is 22.3. The zero-order chi connectivity index (χ0) is 27.4. The standard InChI is InChI=1S/C30H31FN4O4/c1-4-39-28-8-6-5-7-26(28)33-15-17-34(18-16-33)30(36)27-20-25(24-14-13-23(37-2)19-29(24)38-3)32-35(27)22-11-9-21(31)10-12-22/h5-14,19-20H,4,15-18H2,1-3H3. The lowest BCUT2D eigenvalue weighted by Crippen LogP contribution is -2.49. The number of rotatable bonds is 8. The molecule has 0 atom stereocenters. The monoisotopic (exact) mass is 530 g/mol. The van der Waals surface area contributed by atoms with E-state index in [2.05, 4.69) is 4.90 Å². The maximum atomic E-state index is 13.9. The first-order valence-electron chi connectivity index (χ1n) is 12.9. The molecular weight excluding hydrogens is 499 g/mol. The molecule has 0 bridgehead atoms. The van der Waals surface area contributed by atoms with Gasteiger partial charge in [0.05, 0.1) is 37.9 Å². The minimum absolute atomic E-state index is 0.150. The highest BCUT2D eigenvalue weighted by Crippen LogP contribution is 2.34. The van der Waals surface area contributed by atoms with Crippen LogP contribution in [0.1, 0.15) is 17.4 Å². The molecule has 9 heteroatoms. The molecule has 2 heterocycles. The van der Waals surface area contributed by atoms with Gasteiger partial charge in [0, 0.05) is 37.8 Å². The number of aromatic nitrogens is 2. The highest BCUT2D eigenvalue weighted by atomic mass is 19.1. The van der Waals surface area contributed by atoms with Gasteiger partial charge in [0.25, 0.3) is 5.91 Å². The lowest BCUT2D eigenvalue weighted by Gasteiger charge is -2.36.